The summed E-state index contributed by atoms with van der Waals surface area (Å²) in [5.74, 6) is 1.48. The first-order valence-electron chi connectivity index (χ1n) is 6.99. The fraction of sp³-hybridized carbons (Fsp3) is 0.846. The van der Waals surface area contributed by atoms with Crippen molar-refractivity contribution < 1.29 is 4.52 Å². The van der Waals surface area contributed by atoms with E-state index >= 15 is 0 Å². The van der Waals surface area contributed by atoms with Gasteiger partial charge in [0.2, 0.25) is 5.89 Å². The highest BCUT2D eigenvalue weighted by molar-refractivity contribution is 5.29. The van der Waals surface area contributed by atoms with Gasteiger partial charge in [-0.1, -0.05) is 13.8 Å². The zero-order valence-corrected chi connectivity index (χ0v) is 11.9. The minimum absolute atomic E-state index is 0.585. The molecule has 1 aliphatic rings. The van der Waals surface area contributed by atoms with Crippen LogP contribution in [-0.2, 0) is 6.42 Å². The number of hydrogen-bond acceptors (Lipinski definition) is 5. The minimum Gasteiger partial charge on any atom is -0.337 e. The Morgan fingerprint density at radius 3 is 2.67 bits per heavy atom. The first-order valence-corrected chi connectivity index (χ1v) is 6.99. The molecule has 0 spiro atoms. The van der Waals surface area contributed by atoms with Gasteiger partial charge in [-0.3, -0.25) is 4.90 Å². The van der Waals surface area contributed by atoms with Gasteiger partial charge in [-0.15, -0.1) is 0 Å². The molecule has 1 fully saturated rings. The van der Waals surface area contributed by atoms with Crippen molar-refractivity contribution in [2.24, 2.45) is 0 Å². The lowest BCUT2D eigenvalue weighted by molar-refractivity contribution is 0.132. The van der Waals surface area contributed by atoms with E-state index in [0.29, 0.717) is 12.1 Å². The molecule has 0 amide bonds. The van der Waals surface area contributed by atoms with E-state index < -0.39 is 0 Å². The van der Waals surface area contributed by atoms with Gasteiger partial charge >= 0.3 is 0 Å². The lowest BCUT2D eigenvalue weighted by atomic mass is 10.1. The van der Waals surface area contributed by atoms with E-state index in [4.69, 9.17) is 4.52 Å². The molecule has 5 nitrogen and oxygen atoms in total. The minimum atomic E-state index is 0.585. The van der Waals surface area contributed by atoms with Crippen LogP contribution < -0.4 is 4.90 Å². The fourth-order valence-electron chi connectivity index (χ4n) is 2.61. The molecular formula is C13H24N4O. The Kier molecular flexibility index (Phi) is 4.22. The molecule has 18 heavy (non-hydrogen) atoms. The Balaban J connectivity index is 2.05. The Labute approximate surface area is 109 Å². The van der Waals surface area contributed by atoms with E-state index in [9.17, 15) is 0 Å². The zero-order valence-electron chi connectivity index (χ0n) is 11.9. The van der Waals surface area contributed by atoms with Gasteiger partial charge in [0, 0.05) is 38.1 Å². The van der Waals surface area contributed by atoms with Crippen LogP contribution in [0.5, 0.6) is 0 Å². The number of aryl methyl sites for hydroxylation is 1. The highest BCUT2D eigenvalue weighted by atomic mass is 16.5. The van der Waals surface area contributed by atoms with E-state index in [1.54, 1.807) is 0 Å². The van der Waals surface area contributed by atoms with Crippen LogP contribution in [0.3, 0.4) is 0 Å². The van der Waals surface area contributed by atoms with Crippen molar-refractivity contribution >= 4 is 5.95 Å². The van der Waals surface area contributed by atoms with Crippen LogP contribution in [0, 0.1) is 0 Å². The summed E-state index contributed by atoms with van der Waals surface area (Å²) in [5, 5.41) is 4.07. The first-order chi connectivity index (χ1) is 8.65. The van der Waals surface area contributed by atoms with Crippen molar-refractivity contribution in [1.29, 1.82) is 0 Å². The summed E-state index contributed by atoms with van der Waals surface area (Å²) in [5.41, 5.74) is 0. The first kappa shape index (κ1) is 13.3. The van der Waals surface area contributed by atoms with Gasteiger partial charge in [-0.2, -0.15) is 4.98 Å². The topological polar surface area (TPSA) is 45.4 Å². The van der Waals surface area contributed by atoms with Gasteiger partial charge in [0.25, 0.3) is 5.95 Å². The van der Waals surface area contributed by atoms with Gasteiger partial charge < -0.3 is 9.42 Å². The summed E-state index contributed by atoms with van der Waals surface area (Å²) in [6, 6.07) is 1.19. The molecule has 0 N–H and O–H groups in total. The smallest absolute Gasteiger partial charge is 0.266 e. The third kappa shape index (κ3) is 2.66. The van der Waals surface area contributed by atoms with E-state index in [0.717, 1.165) is 44.3 Å². The van der Waals surface area contributed by atoms with Crippen molar-refractivity contribution in [3.05, 3.63) is 5.89 Å². The molecule has 0 radical (unpaired) electrons. The van der Waals surface area contributed by atoms with Crippen LogP contribution in [0.25, 0.3) is 0 Å². The molecule has 2 rings (SSSR count). The third-order valence-electron chi connectivity index (χ3n) is 3.71. The van der Waals surface area contributed by atoms with Crippen LogP contribution in [0.15, 0.2) is 4.52 Å². The molecule has 0 unspecified atom stereocenters. The Bertz CT molecular complexity index is 377. The Hall–Kier alpha value is -1.10. The van der Waals surface area contributed by atoms with Crippen LogP contribution in [0.1, 0.15) is 40.0 Å². The second-order valence-corrected chi connectivity index (χ2v) is 5.18. The molecule has 1 aromatic heterocycles. The molecule has 102 valence electrons. The average Bonchev–Trinajstić information content (AvgIpc) is 2.86. The number of aromatic nitrogens is 2. The lowest BCUT2D eigenvalue weighted by Crippen LogP contribution is -2.55. The average molecular weight is 252 g/mol. The Morgan fingerprint density at radius 2 is 2.11 bits per heavy atom. The van der Waals surface area contributed by atoms with Gasteiger partial charge in [-0.25, -0.2) is 0 Å². The van der Waals surface area contributed by atoms with Gasteiger partial charge in [0.1, 0.15) is 0 Å². The molecule has 1 saturated heterocycles. The molecule has 1 aliphatic heterocycles. The highest BCUT2D eigenvalue weighted by Crippen LogP contribution is 2.19. The van der Waals surface area contributed by atoms with Crippen molar-refractivity contribution in [1.82, 2.24) is 15.0 Å². The summed E-state index contributed by atoms with van der Waals surface area (Å²) in [4.78, 5) is 9.23. The second kappa shape index (κ2) is 5.69. The molecule has 0 aliphatic carbocycles. The molecule has 0 saturated carbocycles. The summed E-state index contributed by atoms with van der Waals surface area (Å²) in [6.07, 6.45) is 1.96. The summed E-state index contributed by atoms with van der Waals surface area (Å²) in [6.45, 7) is 11.9. The number of nitrogens with zero attached hydrogens (tertiary/aromatic N) is 4. The molecule has 0 aromatic carbocycles. The predicted molar refractivity (Wildman–Crippen MR) is 71.8 cm³/mol. The summed E-state index contributed by atoms with van der Waals surface area (Å²) < 4.78 is 5.19. The summed E-state index contributed by atoms with van der Waals surface area (Å²) >= 11 is 0. The monoisotopic (exact) mass is 252 g/mol. The van der Waals surface area contributed by atoms with E-state index in [1.165, 1.54) is 0 Å². The predicted octanol–water partition coefficient (Wildman–Crippen LogP) is 1.94. The molecule has 5 heteroatoms. The SMILES string of the molecule is CCc1nc(N2CCN(C(C)C)[C@@H](CC)C2)no1. The lowest BCUT2D eigenvalue weighted by Gasteiger charge is -2.42. The van der Waals surface area contributed by atoms with E-state index in [2.05, 4.69) is 40.7 Å². The Morgan fingerprint density at radius 1 is 1.33 bits per heavy atom. The number of anilines is 1. The van der Waals surface area contributed by atoms with Crippen LogP contribution >= 0.6 is 0 Å². The molecule has 2 heterocycles. The van der Waals surface area contributed by atoms with Crippen molar-refractivity contribution in [3.63, 3.8) is 0 Å². The van der Waals surface area contributed by atoms with Crippen LogP contribution in [0.4, 0.5) is 5.95 Å². The van der Waals surface area contributed by atoms with Crippen molar-refractivity contribution in [3.8, 4) is 0 Å². The number of rotatable bonds is 4. The normalized spacial score (nSPS) is 21.8. The standard InChI is InChI=1S/C13H24N4O/c1-5-11-9-16(7-8-17(11)10(3)4)13-14-12(6-2)18-15-13/h10-11H,5-9H2,1-4H3/t11-/m0/s1. The zero-order chi connectivity index (χ0) is 13.1. The molecular weight excluding hydrogens is 228 g/mol. The van der Waals surface area contributed by atoms with Gasteiger partial charge in [0.05, 0.1) is 0 Å². The van der Waals surface area contributed by atoms with Crippen LogP contribution in [0.2, 0.25) is 0 Å². The number of hydrogen-bond donors (Lipinski definition) is 0. The molecule has 0 bridgehead atoms. The molecule has 1 aromatic rings. The van der Waals surface area contributed by atoms with Crippen molar-refractivity contribution in [2.45, 2.75) is 52.6 Å². The maximum Gasteiger partial charge on any atom is 0.266 e. The van der Waals surface area contributed by atoms with Crippen LogP contribution in [-0.4, -0.2) is 46.8 Å². The second-order valence-electron chi connectivity index (χ2n) is 5.18. The quantitative estimate of drug-likeness (QED) is 0.819. The maximum atomic E-state index is 5.19. The van der Waals surface area contributed by atoms with Crippen molar-refractivity contribution in [2.75, 3.05) is 24.5 Å². The maximum absolute atomic E-state index is 5.19. The molecule has 1 atom stereocenters. The largest absolute Gasteiger partial charge is 0.337 e. The van der Waals surface area contributed by atoms with E-state index in [-0.39, 0.29) is 0 Å². The highest BCUT2D eigenvalue weighted by Gasteiger charge is 2.29. The third-order valence-corrected chi connectivity index (χ3v) is 3.71. The fourth-order valence-corrected chi connectivity index (χ4v) is 2.61. The van der Waals surface area contributed by atoms with E-state index in [1.807, 2.05) is 6.92 Å². The van der Waals surface area contributed by atoms with Gasteiger partial charge in [-0.05, 0) is 25.4 Å². The van der Waals surface area contributed by atoms with Gasteiger partial charge in [0.15, 0.2) is 0 Å². The summed E-state index contributed by atoms with van der Waals surface area (Å²) in [7, 11) is 0. The number of piperazine rings is 1.